The molecule has 1 aromatic heterocycles. The first-order chi connectivity index (χ1) is 33.2. The molecule has 0 radical (unpaired) electrons. The number of fused-ring (bicyclic) bond motifs is 3. The molecule has 2 heterocycles. The number of carbonyl (C=O) groups excluding carboxylic acids is 1. The molecule has 5 aromatic rings. The maximum Gasteiger partial charge on any atom is 0.269 e. The van der Waals surface area contributed by atoms with Gasteiger partial charge in [0.15, 0.2) is 0 Å². The van der Waals surface area contributed by atoms with Crippen LogP contribution in [-0.2, 0) is 27.5 Å². The van der Waals surface area contributed by atoms with E-state index >= 15 is 4.79 Å². The predicted octanol–water partition coefficient (Wildman–Crippen LogP) is 10.0. The molecule has 0 spiro atoms. The van der Waals surface area contributed by atoms with E-state index < -0.39 is 22.7 Å². The van der Waals surface area contributed by atoms with Gasteiger partial charge in [-0.3, -0.25) is 19.9 Å². The molecule has 13 heteroatoms. The minimum atomic E-state index is -1.49. The van der Waals surface area contributed by atoms with E-state index in [-0.39, 0.29) is 68.7 Å². The van der Waals surface area contributed by atoms with E-state index in [4.69, 9.17) is 24.2 Å². The summed E-state index contributed by atoms with van der Waals surface area (Å²) < 4.78 is 21.1. The number of rotatable bonds is 21. The van der Waals surface area contributed by atoms with Gasteiger partial charge in [-0.25, -0.2) is 0 Å². The monoisotopic (exact) mass is 920 g/mol. The number of non-ortho nitro benzene ring substituents is 1. The second kappa shape index (κ2) is 22.0. The number of carbonyl (C=O) groups is 1. The van der Waals surface area contributed by atoms with Crippen LogP contribution >= 0.6 is 0 Å². The lowest BCUT2D eigenvalue weighted by Gasteiger charge is -2.60. The van der Waals surface area contributed by atoms with Crippen LogP contribution in [0.15, 0.2) is 139 Å². The Morgan fingerprint density at radius 2 is 1.75 bits per heavy atom. The largest absolute Gasteiger partial charge is 0.487 e. The van der Waals surface area contributed by atoms with Gasteiger partial charge in [0.2, 0.25) is 11.7 Å². The number of aliphatic hydroxyl groups excluding tert-OH is 2. The number of nitro benzene ring substituents is 1. The number of pyridine rings is 1. The Morgan fingerprint density at radius 1 is 0.985 bits per heavy atom. The molecule has 2 aliphatic carbocycles. The molecule has 13 nitrogen and oxygen atoms in total. The first kappa shape index (κ1) is 47.8. The van der Waals surface area contributed by atoms with Crippen molar-refractivity contribution in [3.63, 3.8) is 0 Å². The summed E-state index contributed by atoms with van der Waals surface area (Å²) in [6.45, 7) is 6.72. The van der Waals surface area contributed by atoms with Crippen molar-refractivity contribution in [3.8, 4) is 11.5 Å². The Balaban J connectivity index is 1.32. The summed E-state index contributed by atoms with van der Waals surface area (Å²) in [5.41, 5.74) is 5.72. The van der Waals surface area contributed by atoms with E-state index in [1.54, 1.807) is 24.3 Å². The Labute approximate surface area is 397 Å². The predicted molar refractivity (Wildman–Crippen MR) is 262 cm³/mol. The number of amides is 1. The van der Waals surface area contributed by atoms with Crippen LogP contribution in [0, 0.1) is 34.8 Å². The Hall–Kier alpha value is -6.67. The van der Waals surface area contributed by atoms with Gasteiger partial charge in [0.25, 0.3) is 5.69 Å². The number of nitro groups is 1. The first-order valence-corrected chi connectivity index (χ1v) is 23.5. The normalized spacial score (nSPS) is 22.2. The third-order valence-electron chi connectivity index (χ3n) is 13.6. The number of aromatic nitrogens is 1. The number of oxime groups is 1. The van der Waals surface area contributed by atoms with Crippen molar-refractivity contribution in [3.05, 3.63) is 172 Å². The van der Waals surface area contributed by atoms with Gasteiger partial charge in [0, 0.05) is 61.6 Å². The topological polar surface area (TPSA) is 166 Å². The fourth-order valence-electron chi connectivity index (χ4n) is 10.6. The lowest BCUT2D eigenvalue weighted by atomic mass is 9.55. The van der Waals surface area contributed by atoms with Gasteiger partial charge in [0.05, 0.1) is 28.9 Å². The molecular weight excluding hydrogens is 861 g/mol. The third kappa shape index (κ3) is 10.3. The van der Waals surface area contributed by atoms with E-state index in [1.807, 2.05) is 78.6 Å². The quantitative estimate of drug-likeness (QED) is 0.0238. The van der Waals surface area contributed by atoms with E-state index in [0.717, 1.165) is 64.5 Å². The van der Waals surface area contributed by atoms with E-state index in [2.05, 4.69) is 29.8 Å². The molecule has 6 unspecified atom stereocenters. The smallest absolute Gasteiger partial charge is 0.269 e. The van der Waals surface area contributed by atoms with Crippen molar-refractivity contribution >= 4 is 34.2 Å². The summed E-state index contributed by atoms with van der Waals surface area (Å²) in [7, 11) is 1.53. The molecule has 0 saturated heterocycles. The standard InChI is InChI=1S/C55H60N4O9/c1-4-31-67-55-51(58(35-41-17-12-16-39-14-5-6-19-45(39)41)52(62)28-23-38-21-24-43(25-22-38)59(63)64)34-49(57-65-3)47-32-40(15-7-9-29-60)46(20-8-10-30-61)53(54(47)55)48-33-44(26-27-50(48)68-55)66-36-42-18-11-13-37(2)56-42/h4-6,11-14,16-19,21-28,32-33,40,46,51,53-54,60-61H,1,7-10,15,20,29-31,34-36H2,2-3H3. The van der Waals surface area contributed by atoms with Crippen LogP contribution in [0.2, 0.25) is 0 Å². The average Bonchev–Trinajstić information content (AvgIpc) is 3.35. The maximum absolute atomic E-state index is 15.3. The molecule has 68 heavy (non-hydrogen) atoms. The average molecular weight is 921 g/mol. The zero-order valence-electron chi connectivity index (χ0n) is 38.7. The summed E-state index contributed by atoms with van der Waals surface area (Å²) in [5.74, 6) is -1.27. The molecule has 8 rings (SSSR count). The number of hydrogen-bond acceptors (Lipinski definition) is 11. The molecule has 1 amide bonds. The minimum Gasteiger partial charge on any atom is -0.487 e. The maximum atomic E-state index is 15.3. The molecule has 1 fully saturated rings. The Bertz CT molecular complexity index is 2680. The number of allylic oxidation sites excluding steroid dienone is 1. The number of benzene rings is 4. The van der Waals surface area contributed by atoms with Crippen LogP contribution in [0.4, 0.5) is 5.69 Å². The second-order valence-electron chi connectivity index (χ2n) is 17.8. The molecule has 6 atom stereocenters. The van der Waals surface area contributed by atoms with Crippen molar-refractivity contribution in [2.75, 3.05) is 26.9 Å². The molecule has 4 aromatic carbocycles. The minimum absolute atomic E-state index is 0.0174. The summed E-state index contributed by atoms with van der Waals surface area (Å²) >= 11 is 0. The van der Waals surface area contributed by atoms with Crippen molar-refractivity contribution in [1.29, 1.82) is 0 Å². The highest BCUT2D eigenvalue weighted by Crippen LogP contribution is 2.62. The van der Waals surface area contributed by atoms with Gasteiger partial charge in [-0.15, -0.1) is 6.58 Å². The zero-order valence-corrected chi connectivity index (χ0v) is 38.7. The van der Waals surface area contributed by atoms with Gasteiger partial charge in [0.1, 0.15) is 31.3 Å². The Morgan fingerprint density at radius 3 is 2.50 bits per heavy atom. The number of aliphatic hydroxyl groups is 2. The highest BCUT2D eigenvalue weighted by atomic mass is 16.7. The van der Waals surface area contributed by atoms with Crippen LogP contribution < -0.4 is 9.47 Å². The lowest BCUT2D eigenvalue weighted by molar-refractivity contribution is -0.384. The van der Waals surface area contributed by atoms with E-state index in [9.17, 15) is 20.3 Å². The molecule has 354 valence electrons. The van der Waals surface area contributed by atoms with Gasteiger partial charge in [-0.2, -0.15) is 0 Å². The first-order valence-electron chi connectivity index (χ1n) is 23.5. The highest BCUT2D eigenvalue weighted by molar-refractivity contribution is 6.03. The SMILES string of the molecule is C=CCOC12Oc3ccc(OCc4cccc(C)n4)cc3C3C(CCCCO)C(CCCCO)C=C(C(=NOC)CC1N(Cc1cccc4ccccc14)C(=O)C=Cc1ccc([N+](=O)[O-])cc1)C32. The van der Waals surface area contributed by atoms with Crippen molar-refractivity contribution < 1.29 is 39.0 Å². The Kier molecular flexibility index (Phi) is 15.4. The number of hydrogen-bond donors (Lipinski definition) is 2. The summed E-state index contributed by atoms with van der Waals surface area (Å²) in [6.07, 6.45) is 11.9. The van der Waals surface area contributed by atoms with Crippen LogP contribution in [-0.4, -0.2) is 75.4 Å². The van der Waals surface area contributed by atoms with Crippen LogP contribution in [0.25, 0.3) is 16.8 Å². The van der Waals surface area contributed by atoms with Crippen molar-refractivity contribution in [2.24, 2.45) is 22.9 Å². The van der Waals surface area contributed by atoms with Gasteiger partial charge in [-0.1, -0.05) is 78.7 Å². The van der Waals surface area contributed by atoms with E-state index in [0.29, 0.717) is 35.6 Å². The molecular formula is C55H60N4O9. The fourth-order valence-corrected chi connectivity index (χ4v) is 10.6. The van der Waals surface area contributed by atoms with Gasteiger partial charge in [-0.05, 0) is 120 Å². The summed E-state index contributed by atoms with van der Waals surface area (Å²) in [4.78, 5) is 38.5. The third-order valence-corrected chi connectivity index (χ3v) is 13.6. The van der Waals surface area contributed by atoms with Crippen LogP contribution in [0.3, 0.4) is 0 Å². The highest BCUT2D eigenvalue weighted by Gasteiger charge is 2.65. The number of nitrogens with zero attached hydrogens (tertiary/aromatic N) is 4. The van der Waals surface area contributed by atoms with Gasteiger partial charge < -0.3 is 34.2 Å². The molecule has 1 aliphatic heterocycles. The number of unbranched alkanes of at least 4 members (excludes halogenated alkanes) is 2. The number of aryl methyl sites for hydroxylation is 1. The molecule has 0 bridgehead atoms. The molecule has 2 N–H and O–H groups in total. The van der Waals surface area contributed by atoms with Crippen LogP contribution in [0.1, 0.15) is 78.9 Å². The number of ether oxygens (including phenoxy) is 3. The van der Waals surface area contributed by atoms with Gasteiger partial charge >= 0.3 is 0 Å². The van der Waals surface area contributed by atoms with Crippen LogP contribution in [0.5, 0.6) is 11.5 Å². The van der Waals surface area contributed by atoms with Crippen molar-refractivity contribution in [1.82, 2.24) is 9.88 Å². The van der Waals surface area contributed by atoms with E-state index in [1.165, 1.54) is 25.3 Å². The fraction of sp³-hybridized carbons (Fsp3) is 0.364. The molecule has 1 saturated carbocycles. The lowest BCUT2D eigenvalue weighted by Crippen LogP contribution is -2.70. The zero-order chi connectivity index (χ0) is 47.6. The summed E-state index contributed by atoms with van der Waals surface area (Å²) in [6, 6.07) is 31.2. The molecule has 3 aliphatic rings. The second-order valence-corrected chi connectivity index (χ2v) is 17.8. The van der Waals surface area contributed by atoms with Crippen molar-refractivity contribution in [2.45, 2.75) is 82.8 Å². The summed E-state index contributed by atoms with van der Waals surface area (Å²) in [5, 5.41) is 38.2.